The number of rotatable bonds is 5. The van der Waals surface area contributed by atoms with E-state index < -0.39 is 0 Å². The number of hydrogen-bond acceptors (Lipinski definition) is 5. The number of halogens is 1. The first kappa shape index (κ1) is 12.6. The summed E-state index contributed by atoms with van der Waals surface area (Å²) in [4.78, 5) is 0. The zero-order valence-corrected chi connectivity index (χ0v) is 11.1. The molecule has 1 aliphatic rings. The Kier molecular flexibility index (Phi) is 3.48. The monoisotopic (exact) mass is 279 g/mol. The minimum atomic E-state index is -0.249. The van der Waals surface area contributed by atoms with Crippen molar-refractivity contribution in [3.8, 4) is 0 Å². The fourth-order valence-corrected chi connectivity index (χ4v) is 2.73. The summed E-state index contributed by atoms with van der Waals surface area (Å²) in [5.74, 6) is 0.417. The van der Waals surface area contributed by atoms with Crippen LogP contribution in [-0.4, -0.2) is 26.0 Å². The minimum absolute atomic E-state index is 0.157. The molecule has 0 amide bonds. The van der Waals surface area contributed by atoms with Gasteiger partial charge in [-0.1, -0.05) is 23.9 Å². The molecule has 1 aromatic carbocycles. The highest BCUT2D eigenvalue weighted by molar-refractivity contribution is 7.99. The van der Waals surface area contributed by atoms with E-state index in [9.17, 15) is 4.39 Å². The van der Waals surface area contributed by atoms with E-state index in [1.807, 2.05) is 4.68 Å². The van der Waals surface area contributed by atoms with Crippen LogP contribution in [0.2, 0.25) is 0 Å². The van der Waals surface area contributed by atoms with Gasteiger partial charge in [-0.2, -0.15) is 0 Å². The maximum absolute atomic E-state index is 12.8. The van der Waals surface area contributed by atoms with Gasteiger partial charge in [0.1, 0.15) is 5.82 Å². The van der Waals surface area contributed by atoms with Gasteiger partial charge in [-0.3, -0.25) is 0 Å². The number of nitrogens with zero attached hydrogens (tertiary/aromatic N) is 4. The highest BCUT2D eigenvalue weighted by atomic mass is 32.2. The van der Waals surface area contributed by atoms with Gasteiger partial charge >= 0.3 is 0 Å². The van der Waals surface area contributed by atoms with Crippen LogP contribution in [0, 0.1) is 5.82 Å². The molecule has 1 heterocycles. The SMILES string of the molecule is NC(CSc1nnnn1C1CC1)c1ccc(F)cc1. The first-order valence-electron chi connectivity index (χ1n) is 6.16. The lowest BCUT2D eigenvalue weighted by Crippen LogP contribution is -2.13. The Morgan fingerprint density at radius 1 is 1.37 bits per heavy atom. The molecule has 0 spiro atoms. The van der Waals surface area contributed by atoms with Gasteiger partial charge < -0.3 is 5.73 Å². The summed E-state index contributed by atoms with van der Waals surface area (Å²) in [6.07, 6.45) is 2.28. The molecule has 100 valence electrons. The molecule has 19 heavy (non-hydrogen) atoms. The maximum Gasteiger partial charge on any atom is 0.209 e. The van der Waals surface area contributed by atoms with Gasteiger partial charge in [-0.15, -0.1) is 5.10 Å². The van der Waals surface area contributed by atoms with E-state index in [-0.39, 0.29) is 11.9 Å². The van der Waals surface area contributed by atoms with Crippen molar-refractivity contribution in [2.24, 2.45) is 5.73 Å². The molecule has 1 unspecified atom stereocenters. The van der Waals surface area contributed by atoms with Crippen LogP contribution in [-0.2, 0) is 0 Å². The molecule has 0 saturated heterocycles. The van der Waals surface area contributed by atoms with Gasteiger partial charge in [0.15, 0.2) is 0 Å². The van der Waals surface area contributed by atoms with Crippen LogP contribution in [0.25, 0.3) is 0 Å². The molecule has 1 aromatic heterocycles. The molecule has 1 atom stereocenters. The minimum Gasteiger partial charge on any atom is -0.323 e. The molecule has 1 aliphatic carbocycles. The van der Waals surface area contributed by atoms with Crippen molar-refractivity contribution < 1.29 is 4.39 Å². The lowest BCUT2D eigenvalue weighted by Gasteiger charge is -2.11. The second-order valence-corrected chi connectivity index (χ2v) is 5.59. The smallest absolute Gasteiger partial charge is 0.209 e. The van der Waals surface area contributed by atoms with Gasteiger partial charge in [-0.25, -0.2) is 9.07 Å². The summed E-state index contributed by atoms with van der Waals surface area (Å²) >= 11 is 1.54. The van der Waals surface area contributed by atoms with Crippen molar-refractivity contribution >= 4 is 11.8 Å². The van der Waals surface area contributed by atoms with E-state index in [0.29, 0.717) is 11.8 Å². The number of nitrogens with two attached hydrogens (primary N) is 1. The average Bonchev–Trinajstić information content (AvgIpc) is 3.16. The first-order chi connectivity index (χ1) is 9.24. The van der Waals surface area contributed by atoms with Crippen molar-refractivity contribution in [3.05, 3.63) is 35.6 Å². The summed E-state index contributed by atoms with van der Waals surface area (Å²) < 4.78 is 14.7. The van der Waals surface area contributed by atoms with Crippen LogP contribution in [0.5, 0.6) is 0 Å². The Morgan fingerprint density at radius 3 is 2.79 bits per heavy atom. The van der Waals surface area contributed by atoms with E-state index in [1.54, 1.807) is 12.1 Å². The molecular weight excluding hydrogens is 265 g/mol. The Balaban J connectivity index is 1.62. The summed E-state index contributed by atoms with van der Waals surface area (Å²) in [5.41, 5.74) is 7.00. The Bertz CT molecular complexity index is 552. The van der Waals surface area contributed by atoms with Crippen LogP contribution in [0.3, 0.4) is 0 Å². The van der Waals surface area contributed by atoms with Gasteiger partial charge in [0.25, 0.3) is 0 Å². The summed E-state index contributed by atoms with van der Waals surface area (Å²) in [6.45, 7) is 0. The molecule has 1 fully saturated rings. The lowest BCUT2D eigenvalue weighted by atomic mass is 10.1. The topological polar surface area (TPSA) is 69.6 Å². The summed E-state index contributed by atoms with van der Waals surface area (Å²) in [5, 5.41) is 12.5. The van der Waals surface area contributed by atoms with E-state index in [1.165, 1.54) is 23.9 Å². The first-order valence-corrected chi connectivity index (χ1v) is 7.14. The second kappa shape index (κ2) is 5.26. The summed E-state index contributed by atoms with van der Waals surface area (Å²) in [7, 11) is 0. The lowest BCUT2D eigenvalue weighted by molar-refractivity contribution is 0.565. The van der Waals surface area contributed by atoms with E-state index in [4.69, 9.17) is 5.73 Å². The predicted molar refractivity (Wildman–Crippen MR) is 70.1 cm³/mol. The van der Waals surface area contributed by atoms with Gasteiger partial charge in [-0.05, 0) is 41.0 Å². The second-order valence-electron chi connectivity index (χ2n) is 4.61. The van der Waals surface area contributed by atoms with Gasteiger partial charge in [0.2, 0.25) is 5.16 Å². The molecule has 0 aliphatic heterocycles. The van der Waals surface area contributed by atoms with Crippen molar-refractivity contribution in [2.45, 2.75) is 30.1 Å². The standard InChI is InChI=1S/C12H14FN5S/c13-9-3-1-8(2-4-9)11(14)7-19-12-15-16-17-18(12)10-5-6-10/h1-4,10-11H,5-7,14H2. The fraction of sp³-hybridized carbons (Fsp3) is 0.417. The third-order valence-electron chi connectivity index (χ3n) is 3.05. The molecule has 0 radical (unpaired) electrons. The molecular formula is C12H14FN5S. The molecule has 2 N–H and O–H groups in total. The zero-order valence-electron chi connectivity index (χ0n) is 10.2. The highest BCUT2D eigenvalue weighted by Gasteiger charge is 2.28. The van der Waals surface area contributed by atoms with E-state index in [0.717, 1.165) is 23.6 Å². The molecule has 3 rings (SSSR count). The molecule has 0 bridgehead atoms. The molecule has 2 aromatic rings. The number of benzene rings is 1. The van der Waals surface area contributed by atoms with Crippen LogP contribution in [0.1, 0.15) is 30.5 Å². The van der Waals surface area contributed by atoms with E-state index in [2.05, 4.69) is 15.5 Å². The molecule has 7 heteroatoms. The Hall–Kier alpha value is -1.47. The van der Waals surface area contributed by atoms with E-state index >= 15 is 0 Å². The van der Waals surface area contributed by atoms with Gasteiger partial charge in [0.05, 0.1) is 6.04 Å². The van der Waals surface area contributed by atoms with Crippen LogP contribution in [0.4, 0.5) is 4.39 Å². The number of aromatic nitrogens is 4. The average molecular weight is 279 g/mol. The number of hydrogen-bond donors (Lipinski definition) is 1. The zero-order chi connectivity index (χ0) is 13.2. The maximum atomic E-state index is 12.8. The quantitative estimate of drug-likeness (QED) is 0.847. The summed E-state index contributed by atoms with van der Waals surface area (Å²) in [6, 6.07) is 6.58. The predicted octanol–water partition coefficient (Wildman–Crippen LogP) is 1.94. The molecule has 1 saturated carbocycles. The van der Waals surface area contributed by atoms with Gasteiger partial charge in [0, 0.05) is 11.8 Å². The van der Waals surface area contributed by atoms with Crippen molar-refractivity contribution in [1.29, 1.82) is 0 Å². The fourth-order valence-electron chi connectivity index (χ4n) is 1.80. The Morgan fingerprint density at radius 2 is 2.11 bits per heavy atom. The molecule has 5 nitrogen and oxygen atoms in total. The van der Waals surface area contributed by atoms with Crippen LogP contribution >= 0.6 is 11.8 Å². The van der Waals surface area contributed by atoms with Crippen LogP contribution in [0.15, 0.2) is 29.4 Å². The third-order valence-corrected chi connectivity index (χ3v) is 4.10. The van der Waals surface area contributed by atoms with Crippen molar-refractivity contribution in [1.82, 2.24) is 20.2 Å². The highest BCUT2D eigenvalue weighted by Crippen LogP contribution is 2.36. The van der Waals surface area contributed by atoms with Crippen LogP contribution < -0.4 is 5.73 Å². The number of tetrazole rings is 1. The van der Waals surface area contributed by atoms with Crippen molar-refractivity contribution in [3.63, 3.8) is 0 Å². The largest absolute Gasteiger partial charge is 0.323 e. The van der Waals surface area contributed by atoms with Crippen molar-refractivity contribution in [2.75, 3.05) is 5.75 Å². The number of thioether (sulfide) groups is 1. The third kappa shape index (κ3) is 2.93. The Labute approximate surface area is 114 Å². The normalized spacial score (nSPS) is 16.5.